The van der Waals surface area contributed by atoms with Gasteiger partial charge in [0, 0.05) is 50.3 Å². The maximum Gasteiger partial charge on any atom is 0.255 e. The fourth-order valence-corrected chi connectivity index (χ4v) is 3.76. The zero-order valence-corrected chi connectivity index (χ0v) is 15.8. The molecule has 0 aromatic carbocycles. The van der Waals surface area contributed by atoms with Crippen LogP contribution in [0.3, 0.4) is 0 Å². The monoisotopic (exact) mass is 384 g/mol. The van der Waals surface area contributed by atoms with Gasteiger partial charge in [-0.2, -0.15) is 0 Å². The van der Waals surface area contributed by atoms with E-state index < -0.39 is 0 Å². The fraction of sp³-hybridized carbons (Fsp3) is 0.182. The molecule has 4 aromatic rings. The van der Waals surface area contributed by atoms with Crippen molar-refractivity contribution in [2.75, 3.05) is 6.54 Å². The van der Waals surface area contributed by atoms with Gasteiger partial charge in [-0.1, -0.05) is 6.07 Å². The average Bonchev–Trinajstić information content (AvgIpc) is 3.23. The van der Waals surface area contributed by atoms with Crippen LogP contribution in [-0.4, -0.2) is 35.9 Å². The van der Waals surface area contributed by atoms with Crippen molar-refractivity contribution < 1.29 is 0 Å². The van der Waals surface area contributed by atoms with Gasteiger partial charge >= 0.3 is 0 Å². The second-order valence-electron chi connectivity index (χ2n) is 7.10. The van der Waals surface area contributed by atoms with Crippen molar-refractivity contribution in [3.63, 3.8) is 0 Å². The molecule has 0 radical (unpaired) electrons. The van der Waals surface area contributed by atoms with Gasteiger partial charge < -0.3 is 9.55 Å². The first-order chi connectivity index (χ1) is 14.3. The Morgan fingerprint density at radius 2 is 2.03 bits per heavy atom. The lowest BCUT2D eigenvalue weighted by Crippen LogP contribution is -2.35. The van der Waals surface area contributed by atoms with Gasteiger partial charge in [-0.3, -0.25) is 19.7 Å². The lowest BCUT2D eigenvalue weighted by Gasteiger charge is -2.28. The van der Waals surface area contributed by atoms with E-state index in [-0.39, 0.29) is 5.56 Å². The summed E-state index contributed by atoms with van der Waals surface area (Å²) in [6, 6.07) is 13.7. The Balaban J connectivity index is 1.39. The van der Waals surface area contributed by atoms with Crippen molar-refractivity contribution in [2.45, 2.75) is 19.5 Å². The number of rotatable bonds is 4. The molecule has 7 heteroatoms. The average molecular weight is 384 g/mol. The minimum atomic E-state index is -0.0806. The molecule has 5 rings (SSSR count). The highest BCUT2D eigenvalue weighted by Gasteiger charge is 2.22. The largest absolute Gasteiger partial charge is 0.318 e. The van der Waals surface area contributed by atoms with E-state index in [0.29, 0.717) is 18.1 Å². The summed E-state index contributed by atoms with van der Waals surface area (Å²) in [4.78, 5) is 31.1. The molecule has 0 unspecified atom stereocenters. The van der Waals surface area contributed by atoms with E-state index in [2.05, 4.69) is 35.5 Å². The number of fused-ring (bicyclic) bond motifs is 1. The molecule has 5 heterocycles. The molecule has 29 heavy (non-hydrogen) atoms. The third-order valence-corrected chi connectivity index (χ3v) is 5.20. The highest BCUT2D eigenvalue weighted by atomic mass is 16.1. The Hall–Kier alpha value is -3.58. The lowest BCUT2D eigenvalue weighted by atomic mass is 10.1. The summed E-state index contributed by atoms with van der Waals surface area (Å²) in [7, 11) is 0. The van der Waals surface area contributed by atoms with Gasteiger partial charge in [0.2, 0.25) is 0 Å². The lowest BCUT2D eigenvalue weighted by molar-refractivity contribution is 0.238. The first-order valence-electron chi connectivity index (χ1n) is 9.60. The zero-order valence-electron chi connectivity index (χ0n) is 15.8. The molecular formula is C22H20N6O. The van der Waals surface area contributed by atoms with Crippen LogP contribution >= 0.6 is 0 Å². The summed E-state index contributed by atoms with van der Waals surface area (Å²) in [5.41, 5.74) is 4.41. The standard InChI is InChI=1S/C22H20N6O/c29-22-18-15-27(14-17-6-4-11-28(17)16-5-3-9-23-13-16)12-8-19(18)25-21(26-22)20-7-1-2-10-24-20/h1-7,9-11,13H,8,12,14-15H2,(H,25,26,29). The number of aromatic nitrogens is 5. The molecule has 0 fully saturated rings. The quantitative estimate of drug-likeness (QED) is 0.585. The van der Waals surface area contributed by atoms with E-state index in [1.54, 1.807) is 12.4 Å². The summed E-state index contributed by atoms with van der Waals surface area (Å²) in [6.45, 7) is 2.19. The van der Waals surface area contributed by atoms with Crippen LogP contribution < -0.4 is 5.56 Å². The number of hydrogen-bond acceptors (Lipinski definition) is 5. The van der Waals surface area contributed by atoms with Crippen LogP contribution in [0.1, 0.15) is 17.0 Å². The maximum absolute atomic E-state index is 12.7. The van der Waals surface area contributed by atoms with Gasteiger partial charge in [0.05, 0.1) is 23.1 Å². The predicted molar refractivity (Wildman–Crippen MR) is 109 cm³/mol. The number of aromatic amines is 1. The van der Waals surface area contributed by atoms with Crippen LogP contribution in [0.5, 0.6) is 0 Å². The first kappa shape index (κ1) is 17.5. The molecule has 1 N–H and O–H groups in total. The minimum absolute atomic E-state index is 0.0806. The molecule has 7 nitrogen and oxygen atoms in total. The van der Waals surface area contributed by atoms with Crippen molar-refractivity contribution in [3.05, 3.63) is 94.6 Å². The summed E-state index contributed by atoms with van der Waals surface area (Å²) in [6.07, 6.45) is 8.10. The Kier molecular flexibility index (Phi) is 4.50. The van der Waals surface area contributed by atoms with E-state index in [1.165, 1.54) is 0 Å². The van der Waals surface area contributed by atoms with Gasteiger partial charge in [0.1, 0.15) is 5.69 Å². The summed E-state index contributed by atoms with van der Waals surface area (Å²) >= 11 is 0. The summed E-state index contributed by atoms with van der Waals surface area (Å²) in [5, 5.41) is 0. The molecule has 0 saturated heterocycles. The first-order valence-corrected chi connectivity index (χ1v) is 9.60. The van der Waals surface area contributed by atoms with Crippen molar-refractivity contribution in [2.24, 2.45) is 0 Å². The molecule has 1 aliphatic rings. The fourth-order valence-electron chi connectivity index (χ4n) is 3.76. The Morgan fingerprint density at radius 3 is 2.86 bits per heavy atom. The molecular weight excluding hydrogens is 364 g/mol. The van der Waals surface area contributed by atoms with Crippen molar-refractivity contribution in [1.82, 2.24) is 29.4 Å². The van der Waals surface area contributed by atoms with E-state index in [1.807, 2.05) is 48.8 Å². The molecule has 144 valence electrons. The van der Waals surface area contributed by atoms with Crippen molar-refractivity contribution in [3.8, 4) is 17.2 Å². The summed E-state index contributed by atoms with van der Waals surface area (Å²) < 4.78 is 2.13. The maximum atomic E-state index is 12.7. The van der Waals surface area contributed by atoms with Crippen LogP contribution in [0.2, 0.25) is 0 Å². The number of pyridine rings is 2. The Morgan fingerprint density at radius 1 is 1.07 bits per heavy atom. The van der Waals surface area contributed by atoms with Crippen LogP contribution in [0.15, 0.2) is 72.0 Å². The molecule has 4 aromatic heterocycles. The molecule has 0 atom stereocenters. The summed E-state index contributed by atoms with van der Waals surface area (Å²) in [5.74, 6) is 0.535. The van der Waals surface area contributed by atoms with E-state index >= 15 is 0 Å². The van der Waals surface area contributed by atoms with Crippen LogP contribution in [-0.2, 0) is 19.5 Å². The van der Waals surface area contributed by atoms with Gasteiger partial charge in [-0.15, -0.1) is 0 Å². The van der Waals surface area contributed by atoms with Crippen LogP contribution in [0.25, 0.3) is 17.2 Å². The van der Waals surface area contributed by atoms with Crippen LogP contribution in [0, 0.1) is 0 Å². The van der Waals surface area contributed by atoms with E-state index in [4.69, 9.17) is 0 Å². The second kappa shape index (κ2) is 7.44. The van der Waals surface area contributed by atoms with Gasteiger partial charge in [-0.05, 0) is 36.4 Å². The molecule has 0 aliphatic carbocycles. The highest BCUT2D eigenvalue weighted by Crippen LogP contribution is 2.20. The van der Waals surface area contributed by atoms with Crippen LogP contribution in [0.4, 0.5) is 0 Å². The van der Waals surface area contributed by atoms with Crippen molar-refractivity contribution in [1.29, 1.82) is 0 Å². The minimum Gasteiger partial charge on any atom is -0.318 e. The zero-order chi connectivity index (χ0) is 19.6. The van der Waals surface area contributed by atoms with E-state index in [0.717, 1.165) is 42.1 Å². The number of nitrogens with zero attached hydrogens (tertiary/aromatic N) is 5. The van der Waals surface area contributed by atoms with Crippen molar-refractivity contribution >= 4 is 0 Å². The molecule has 0 bridgehead atoms. The van der Waals surface area contributed by atoms with E-state index in [9.17, 15) is 4.79 Å². The molecule has 0 saturated carbocycles. The van der Waals surface area contributed by atoms with Gasteiger partial charge in [0.15, 0.2) is 5.82 Å². The third kappa shape index (κ3) is 3.48. The molecule has 0 spiro atoms. The Labute approximate surface area is 167 Å². The number of nitrogens with one attached hydrogen (secondary N) is 1. The smallest absolute Gasteiger partial charge is 0.255 e. The number of H-pyrrole nitrogens is 1. The highest BCUT2D eigenvalue weighted by molar-refractivity contribution is 5.49. The SMILES string of the molecule is O=c1[nH]c(-c2ccccn2)nc2c1CN(Cc1cccn1-c1cccnc1)CC2. The number of hydrogen-bond donors (Lipinski definition) is 1. The predicted octanol–water partition coefficient (Wildman–Crippen LogP) is 2.58. The molecule has 0 amide bonds. The second-order valence-corrected chi connectivity index (χ2v) is 7.10. The Bertz CT molecular complexity index is 1180. The normalized spacial score (nSPS) is 13.9. The molecule has 1 aliphatic heterocycles. The topological polar surface area (TPSA) is 79.7 Å². The van der Waals surface area contributed by atoms with Gasteiger partial charge in [0.25, 0.3) is 5.56 Å². The van der Waals surface area contributed by atoms with Gasteiger partial charge in [-0.25, -0.2) is 4.98 Å². The third-order valence-electron chi connectivity index (χ3n) is 5.20.